The zero-order valence-corrected chi connectivity index (χ0v) is 4.26. The van der Waals surface area contributed by atoms with Gasteiger partial charge in [-0.3, -0.25) is 0 Å². The van der Waals surface area contributed by atoms with E-state index in [4.69, 9.17) is 0 Å². The van der Waals surface area contributed by atoms with Crippen molar-refractivity contribution in [2.75, 3.05) is 0 Å². The lowest BCUT2D eigenvalue weighted by Gasteiger charge is -1.90. The quantitative estimate of drug-likeness (QED) is 0.436. The Morgan fingerprint density at radius 1 is 1.86 bits per heavy atom. The van der Waals surface area contributed by atoms with Crippen LogP contribution in [0.5, 0.6) is 0 Å². The van der Waals surface area contributed by atoms with E-state index >= 15 is 0 Å². The minimum atomic E-state index is 1.01. The summed E-state index contributed by atoms with van der Waals surface area (Å²) >= 11 is 0. The number of imidazole rings is 1. The first-order chi connectivity index (χ1) is 3.29. The first kappa shape index (κ1) is 4.24. The zero-order valence-electron chi connectivity index (χ0n) is 4.26. The Morgan fingerprint density at radius 2 is 2.57 bits per heavy atom. The van der Waals surface area contributed by atoms with Gasteiger partial charge in [0, 0.05) is 0 Å². The van der Waals surface area contributed by atoms with Crippen LogP contribution in [0.25, 0.3) is 0 Å². The molecule has 0 spiro atoms. The van der Waals surface area contributed by atoms with E-state index in [1.807, 2.05) is 13.1 Å². The normalized spacial score (nSPS) is 9.29. The van der Waals surface area contributed by atoms with E-state index < -0.39 is 0 Å². The number of nitrogens with zero attached hydrogens (tertiary/aromatic N) is 2. The molecule has 0 aliphatic heterocycles. The molecule has 0 aliphatic rings. The van der Waals surface area contributed by atoms with E-state index in [2.05, 4.69) is 12.0 Å². The molecule has 0 atom stereocenters. The fraction of sp³-hybridized carbons (Fsp3) is 0.200. The third kappa shape index (κ3) is 0.738. The Bertz CT molecular complexity index is 138. The predicted molar refractivity (Wildman–Crippen MR) is 27.7 cm³/mol. The number of hydrogen-bond donors (Lipinski definition) is 0. The summed E-state index contributed by atoms with van der Waals surface area (Å²) in [6, 6.07) is 0. The standard InChI is InChI=1S/C5H7N2/c1-5-3-7(2)4-6-5/h3-4H,2H2,1H3/q-1. The summed E-state index contributed by atoms with van der Waals surface area (Å²) in [6.07, 6.45) is 3.54. The van der Waals surface area contributed by atoms with Crippen LogP contribution < -0.4 is 0 Å². The third-order valence-corrected chi connectivity index (χ3v) is 0.762. The summed E-state index contributed by atoms with van der Waals surface area (Å²) in [5.41, 5.74) is 1.01. The van der Waals surface area contributed by atoms with Gasteiger partial charge in [0.2, 0.25) is 0 Å². The van der Waals surface area contributed by atoms with Crippen molar-refractivity contribution in [3.63, 3.8) is 0 Å². The molecule has 1 aromatic heterocycles. The van der Waals surface area contributed by atoms with Crippen LogP contribution in [0.15, 0.2) is 12.5 Å². The van der Waals surface area contributed by atoms with E-state index in [0.717, 1.165) is 5.69 Å². The molecule has 0 saturated carbocycles. The van der Waals surface area contributed by atoms with E-state index in [9.17, 15) is 0 Å². The van der Waals surface area contributed by atoms with Gasteiger partial charge in [-0.1, -0.05) is 6.20 Å². The van der Waals surface area contributed by atoms with Gasteiger partial charge in [-0.25, -0.2) is 0 Å². The number of rotatable bonds is 0. The van der Waals surface area contributed by atoms with Gasteiger partial charge in [0.05, 0.1) is 0 Å². The minimum absolute atomic E-state index is 1.01. The molecule has 38 valence electrons. The van der Waals surface area contributed by atoms with E-state index in [0.29, 0.717) is 0 Å². The molecular weight excluding hydrogens is 88.1 g/mol. The van der Waals surface area contributed by atoms with Crippen LogP contribution in [0.1, 0.15) is 5.69 Å². The summed E-state index contributed by atoms with van der Waals surface area (Å²) in [5.74, 6) is 0. The van der Waals surface area contributed by atoms with Crippen molar-refractivity contribution < 1.29 is 0 Å². The molecule has 1 heterocycles. The molecule has 0 radical (unpaired) electrons. The Kier molecular flexibility index (Phi) is 0.785. The molecule has 0 bridgehead atoms. The molecule has 0 saturated heterocycles. The van der Waals surface area contributed by atoms with Crippen molar-refractivity contribution >= 4 is 0 Å². The molecule has 0 aromatic carbocycles. The molecule has 1 rings (SSSR count). The molecule has 0 aliphatic carbocycles. The van der Waals surface area contributed by atoms with Crippen molar-refractivity contribution in [1.29, 1.82) is 0 Å². The van der Waals surface area contributed by atoms with E-state index in [1.54, 1.807) is 10.9 Å². The Morgan fingerprint density at radius 3 is 2.71 bits per heavy atom. The maximum Gasteiger partial charge on any atom is -0.0114 e. The molecule has 2 heteroatoms. The van der Waals surface area contributed by atoms with Gasteiger partial charge in [0.15, 0.2) is 0 Å². The van der Waals surface area contributed by atoms with Gasteiger partial charge in [-0.2, -0.15) is 0 Å². The lowest BCUT2D eigenvalue weighted by Crippen LogP contribution is -1.72. The summed E-state index contributed by atoms with van der Waals surface area (Å²) in [7, 11) is 3.60. The smallest absolute Gasteiger partial charge is 0.0114 e. The lowest BCUT2D eigenvalue weighted by molar-refractivity contribution is 1.06. The monoisotopic (exact) mass is 95.1 g/mol. The SMILES string of the molecule is [CH2-]n1cnc(C)c1. The van der Waals surface area contributed by atoms with Gasteiger partial charge in [-0.15, -0.1) is 7.05 Å². The van der Waals surface area contributed by atoms with Crippen molar-refractivity contribution in [2.45, 2.75) is 6.92 Å². The summed E-state index contributed by atoms with van der Waals surface area (Å²) in [6.45, 7) is 1.93. The first-order valence-electron chi connectivity index (χ1n) is 2.10. The second-order valence-electron chi connectivity index (χ2n) is 1.53. The molecular formula is C5H7N2-. The molecule has 7 heavy (non-hydrogen) atoms. The van der Waals surface area contributed by atoms with Crippen LogP contribution in [0, 0.1) is 14.0 Å². The summed E-state index contributed by atoms with van der Waals surface area (Å²) < 4.78 is 1.68. The van der Waals surface area contributed by atoms with Crippen molar-refractivity contribution in [3.8, 4) is 0 Å². The van der Waals surface area contributed by atoms with E-state index in [1.165, 1.54) is 0 Å². The lowest BCUT2D eigenvalue weighted by atomic mass is 10.6. The summed E-state index contributed by atoms with van der Waals surface area (Å²) in [4.78, 5) is 3.92. The highest BCUT2D eigenvalue weighted by Gasteiger charge is 1.72. The Balaban J connectivity index is 3.04. The van der Waals surface area contributed by atoms with Crippen LogP contribution in [-0.4, -0.2) is 9.55 Å². The zero-order chi connectivity index (χ0) is 5.28. The number of aryl methyl sites for hydroxylation is 1. The van der Waals surface area contributed by atoms with Crippen LogP contribution in [0.3, 0.4) is 0 Å². The van der Waals surface area contributed by atoms with Gasteiger partial charge in [0.25, 0.3) is 0 Å². The second kappa shape index (κ2) is 1.30. The molecule has 2 nitrogen and oxygen atoms in total. The van der Waals surface area contributed by atoms with Crippen molar-refractivity contribution in [1.82, 2.24) is 9.55 Å². The Labute approximate surface area is 42.8 Å². The van der Waals surface area contributed by atoms with Crippen LogP contribution in [0.4, 0.5) is 0 Å². The van der Waals surface area contributed by atoms with Gasteiger partial charge in [0.1, 0.15) is 0 Å². The average molecular weight is 95.1 g/mol. The largest absolute Gasteiger partial charge is 0.477 e. The molecule has 0 N–H and O–H groups in total. The highest BCUT2D eigenvalue weighted by Crippen LogP contribution is 1.87. The van der Waals surface area contributed by atoms with Gasteiger partial charge in [-0.05, 0) is 18.9 Å². The number of hydrogen-bond acceptors (Lipinski definition) is 1. The van der Waals surface area contributed by atoms with Gasteiger partial charge >= 0.3 is 0 Å². The fourth-order valence-corrected chi connectivity index (χ4v) is 0.472. The minimum Gasteiger partial charge on any atom is -0.477 e. The molecule has 0 fully saturated rings. The van der Waals surface area contributed by atoms with Crippen LogP contribution >= 0.6 is 0 Å². The van der Waals surface area contributed by atoms with Crippen LogP contribution in [-0.2, 0) is 0 Å². The predicted octanol–water partition coefficient (Wildman–Crippen LogP) is 0.831. The highest BCUT2D eigenvalue weighted by molar-refractivity contribution is 4.92. The van der Waals surface area contributed by atoms with Gasteiger partial charge < -0.3 is 9.55 Å². The molecule has 0 amide bonds. The van der Waals surface area contributed by atoms with Crippen molar-refractivity contribution in [2.24, 2.45) is 0 Å². The first-order valence-corrected chi connectivity index (χ1v) is 2.10. The molecule has 0 unspecified atom stereocenters. The fourth-order valence-electron chi connectivity index (χ4n) is 0.472. The topological polar surface area (TPSA) is 17.8 Å². The maximum absolute atomic E-state index is 3.92. The third-order valence-electron chi connectivity index (χ3n) is 0.762. The van der Waals surface area contributed by atoms with Crippen molar-refractivity contribution in [3.05, 3.63) is 25.3 Å². The van der Waals surface area contributed by atoms with Crippen LogP contribution in [0.2, 0.25) is 0 Å². The average Bonchev–Trinajstić information content (AvgIpc) is 1.87. The molecule has 1 aromatic rings. The maximum atomic E-state index is 3.92. The van der Waals surface area contributed by atoms with E-state index in [-0.39, 0.29) is 0 Å². The second-order valence-corrected chi connectivity index (χ2v) is 1.53. The Hall–Kier alpha value is -0.920. The summed E-state index contributed by atoms with van der Waals surface area (Å²) in [5, 5.41) is 0. The number of aromatic nitrogens is 2. The highest BCUT2D eigenvalue weighted by atomic mass is 15.0.